The number of benzene rings is 1. The van der Waals surface area contributed by atoms with Crippen molar-refractivity contribution in [2.24, 2.45) is 0 Å². The predicted molar refractivity (Wildman–Crippen MR) is 148 cm³/mol. The topological polar surface area (TPSA) is 127 Å². The molecule has 0 aromatic heterocycles. The van der Waals surface area contributed by atoms with Crippen LogP contribution in [-0.2, 0) is 49.2 Å². The third kappa shape index (κ3) is 12.7. The standard InChI is InChI=1S/C28H45O10P/c1-10-36-28(9,15-24-18(3)13-17(2)14-19(24)4)39-12-11-33-27(35-16-34-21(6)29)25(32)26(38-23(8)31)20(5)37-22(7)30/h13-14,20,25-27,32,39H,10-12,15-16H2,1-9H3. The molecule has 222 valence electrons. The van der Waals surface area contributed by atoms with Crippen LogP contribution in [0.25, 0.3) is 0 Å². The molecular weight excluding hydrogens is 527 g/mol. The number of hydrogen-bond acceptors (Lipinski definition) is 10. The number of ether oxygens (including phenoxy) is 6. The Bertz CT molecular complexity index is 929. The second-order valence-electron chi connectivity index (χ2n) is 9.68. The normalized spacial score (nSPS) is 16.3. The summed E-state index contributed by atoms with van der Waals surface area (Å²) in [5.41, 5.74) is 4.92. The summed E-state index contributed by atoms with van der Waals surface area (Å²) in [7, 11) is 0.348. The van der Waals surface area contributed by atoms with E-state index in [9.17, 15) is 19.5 Å². The zero-order valence-corrected chi connectivity index (χ0v) is 25.6. The van der Waals surface area contributed by atoms with E-state index in [0.29, 0.717) is 21.3 Å². The summed E-state index contributed by atoms with van der Waals surface area (Å²) in [4.78, 5) is 34.3. The molecule has 10 nitrogen and oxygen atoms in total. The van der Waals surface area contributed by atoms with Crippen molar-refractivity contribution in [1.29, 1.82) is 0 Å². The van der Waals surface area contributed by atoms with Gasteiger partial charge in [-0.15, -0.1) is 0 Å². The molecule has 0 saturated heterocycles. The molecular formula is C28H45O10P. The van der Waals surface area contributed by atoms with E-state index in [2.05, 4.69) is 39.8 Å². The third-order valence-electron chi connectivity index (χ3n) is 5.93. The SMILES string of the molecule is CCOC(C)(Cc1c(C)cc(C)cc1C)PCCOC(OCOC(C)=O)C(O)C(OC(C)=O)C(C)OC(C)=O. The lowest BCUT2D eigenvalue weighted by Crippen LogP contribution is -2.49. The van der Waals surface area contributed by atoms with Crippen molar-refractivity contribution in [3.63, 3.8) is 0 Å². The molecule has 6 unspecified atom stereocenters. The molecule has 6 atom stereocenters. The molecule has 0 aliphatic heterocycles. The minimum atomic E-state index is -1.54. The highest BCUT2D eigenvalue weighted by Gasteiger charge is 2.37. The second kappa shape index (κ2) is 16.9. The molecule has 39 heavy (non-hydrogen) atoms. The van der Waals surface area contributed by atoms with Gasteiger partial charge < -0.3 is 33.5 Å². The summed E-state index contributed by atoms with van der Waals surface area (Å²) in [5.74, 6) is -1.88. The van der Waals surface area contributed by atoms with Crippen LogP contribution in [0.5, 0.6) is 0 Å². The maximum absolute atomic E-state index is 11.7. The molecule has 0 saturated carbocycles. The number of aryl methyl sites for hydroxylation is 3. The van der Waals surface area contributed by atoms with Gasteiger partial charge in [0.1, 0.15) is 12.2 Å². The molecule has 1 rings (SSSR count). The summed E-state index contributed by atoms with van der Waals surface area (Å²) in [6, 6.07) is 4.34. The van der Waals surface area contributed by atoms with Crippen molar-refractivity contribution >= 4 is 26.5 Å². The van der Waals surface area contributed by atoms with E-state index in [1.54, 1.807) is 0 Å². The molecule has 0 heterocycles. The van der Waals surface area contributed by atoms with Crippen molar-refractivity contribution in [2.45, 2.75) is 98.7 Å². The zero-order valence-electron chi connectivity index (χ0n) is 24.6. The Hall–Kier alpha value is -2.10. The first-order chi connectivity index (χ1) is 18.2. The molecule has 0 fully saturated rings. The molecule has 1 N–H and O–H groups in total. The van der Waals surface area contributed by atoms with Gasteiger partial charge >= 0.3 is 17.9 Å². The van der Waals surface area contributed by atoms with Crippen LogP contribution in [0, 0.1) is 20.8 Å². The van der Waals surface area contributed by atoms with Gasteiger partial charge in [-0.1, -0.05) is 26.3 Å². The van der Waals surface area contributed by atoms with E-state index < -0.39 is 54.6 Å². The largest absolute Gasteiger partial charge is 0.459 e. The molecule has 0 bridgehead atoms. The summed E-state index contributed by atoms with van der Waals surface area (Å²) in [5, 5.41) is 10.6. The smallest absolute Gasteiger partial charge is 0.304 e. The second-order valence-corrected chi connectivity index (χ2v) is 11.6. The Balaban J connectivity index is 2.98. The van der Waals surface area contributed by atoms with Gasteiger partial charge in [0.25, 0.3) is 0 Å². The van der Waals surface area contributed by atoms with E-state index >= 15 is 0 Å². The van der Waals surface area contributed by atoms with E-state index in [0.717, 1.165) is 6.42 Å². The number of esters is 3. The molecule has 11 heteroatoms. The van der Waals surface area contributed by atoms with Crippen LogP contribution in [0.15, 0.2) is 12.1 Å². The van der Waals surface area contributed by atoms with Gasteiger partial charge in [0, 0.05) is 33.8 Å². The number of hydrogen-bond donors (Lipinski definition) is 1. The van der Waals surface area contributed by atoms with Gasteiger partial charge in [0.2, 0.25) is 0 Å². The first-order valence-electron chi connectivity index (χ1n) is 13.0. The zero-order chi connectivity index (χ0) is 29.8. The van der Waals surface area contributed by atoms with Gasteiger partial charge in [0.05, 0.1) is 11.9 Å². The first kappa shape index (κ1) is 34.9. The van der Waals surface area contributed by atoms with Crippen molar-refractivity contribution < 1.29 is 47.9 Å². The van der Waals surface area contributed by atoms with Crippen LogP contribution >= 0.6 is 8.58 Å². The summed E-state index contributed by atoms with van der Waals surface area (Å²) in [6.07, 6.45) is -3.83. The van der Waals surface area contributed by atoms with Crippen LogP contribution in [-0.4, -0.2) is 79.1 Å². The fraction of sp³-hybridized carbons (Fsp3) is 0.679. The summed E-state index contributed by atoms with van der Waals surface area (Å²) in [6.45, 7) is 15.6. The lowest BCUT2D eigenvalue weighted by molar-refractivity contribution is -0.253. The van der Waals surface area contributed by atoms with Crippen molar-refractivity contribution in [2.75, 3.05) is 26.2 Å². The van der Waals surface area contributed by atoms with E-state index in [-0.39, 0.29) is 6.61 Å². The van der Waals surface area contributed by atoms with E-state index in [1.807, 2.05) is 6.92 Å². The van der Waals surface area contributed by atoms with Crippen LogP contribution in [0.4, 0.5) is 0 Å². The van der Waals surface area contributed by atoms with Crippen molar-refractivity contribution in [3.05, 3.63) is 34.4 Å². The minimum Gasteiger partial charge on any atom is -0.459 e. The first-order valence-corrected chi connectivity index (χ1v) is 14.2. The molecule has 1 aromatic carbocycles. The van der Waals surface area contributed by atoms with E-state index in [1.165, 1.54) is 49.9 Å². The number of carbonyl (C=O) groups is 3. The lowest BCUT2D eigenvalue weighted by Gasteiger charge is -2.33. The Kier molecular flexibility index (Phi) is 15.1. The Labute approximate surface area is 233 Å². The predicted octanol–water partition coefficient (Wildman–Crippen LogP) is 3.71. The average Bonchev–Trinajstić information content (AvgIpc) is 2.80. The fourth-order valence-electron chi connectivity index (χ4n) is 4.35. The van der Waals surface area contributed by atoms with Crippen LogP contribution < -0.4 is 0 Å². The highest BCUT2D eigenvalue weighted by atomic mass is 31.1. The summed E-state index contributed by atoms with van der Waals surface area (Å²) < 4.78 is 32.7. The number of aliphatic hydroxyl groups excluding tert-OH is 1. The maximum Gasteiger partial charge on any atom is 0.304 e. The van der Waals surface area contributed by atoms with Crippen LogP contribution in [0.1, 0.15) is 63.8 Å². The molecule has 0 radical (unpaired) electrons. The molecule has 0 aliphatic carbocycles. The van der Waals surface area contributed by atoms with Crippen molar-refractivity contribution in [3.8, 4) is 0 Å². The molecule has 0 spiro atoms. The van der Waals surface area contributed by atoms with Gasteiger partial charge in [-0.2, -0.15) is 0 Å². The van der Waals surface area contributed by atoms with Gasteiger partial charge in [-0.05, 0) is 64.4 Å². The number of rotatable bonds is 17. The average molecular weight is 573 g/mol. The van der Waals surface area contributed by atoms with E-state index in [4.69, 9.17) is 28.4 Å². The van der Waals surface area contributed by atoms with Crippen molar-refractivity contribution in [1.82, 2.24) is 0 Å². The van der Waals surface area contributed by atoms with Gasteiger partial charge in [-0.3, -0.25) is 14.4 Å². The Morgan fingerprint density at radius 3 is 2.08 bits per heavy atom. The molecule has 1 aromatic rings. The minimum absolute atomic E-state index is 0.170. The quantitative estimate of drug-likeness (QED) is 0.0970. The van der Waals surface area contributed by atoms with Gasteiger partial charge in [-0.25, -0.2) is 0 Å². The number of aliphatic hydroxyl groups is 1. The molecule has 0 aliphatic rings. The Morgan fingerprint density at radius 2 is 1.56 bits per heavy atom. The summed E-state index contributed by atoms with van der Waals surface area (Å²) >= 11 is 0. The maximum atomic E-state index is 11.7. The fourth-order valence-corrected chi connectivity index (χ4v) is 5.64. The van der Waals surface area contributed by atoms with Crippen LogP contribution in [0.2, 0.25) is 0 Å². The van der Waals surface area contributed by atoms with Crippen LogP contribution in [0.3, 0.4) is 0 Å². The number of carbonyl (C=O) groups excluding carboxylic acids is 3. The highest BCUT2D eigenvalue weighted by molar-refractivity contribution is 7.39. The third-order valence-corrected chi connectivity index (χ3v) is 7.45. The van der Waals surface area contributed by atoms with Gasteiger partial charge in [0.15, 0.2) is 19.2 Å². The monoisotopic (exact) mass is 572 g/mol. The Morgan fingerprint density at radius 1 is 0.974 bits per heavy atom. The highest BCUT2D eigenvalue weighted by Crippen LogP contribution is 2.38. The lowest BCUT2D eigenvalue weighted by atomic mass is 9.95. The molecule has 0 amide bonds.